The van der Waals surface area contributed by atoms with Crippen LogP contribution < -0.4 is 11.3 Å². The maximum absolute atomic E-state index is 13.3. The fraction of sp³-hybridized carbons (Fsp3) is 0.333. The zero-order valence-corrected chi connectivity index (χ0v) is 18.6. The van der Waals surface area contributed by atoms with Gasteiger partial charge >= 0.3 is 11.9 Å². The van der Waals surface area contributed by atoms with E-state index in [-0.39, 0.29) is 48.4 Å². The van der Waals surface area contributed by atoms with Gasteiger partial charge < -0.3 is 30.0 Å². The number of rotatable bonds is 4. The highest BCUT2D eigenvalue weighted by molar-refractivity contribution is 5.90. The first kappa shape index (κ1) is 22.1. The summed E-state index contributed by atoms with van der Waals surface area (Å²) in [6.07, 6.45) is 0.101. The Morgan fingerprint density at radius 1 is 1.35 bits per heavy atom. The molecule has 34 heavy (non-hydrogen) atoms. The number of hydrogen-bond donors (Lipinski definition) is 3. The van der Waals surface area contributed by atoms with Gasteiger partial charge in [-0.15, -0.1) is 0 Å². The molecule has 0 saturated heterocycles. The van der Waals surface area contributed by atoms with E-state index in [0.29, 0.717) is 27.9 Å². The number of benzene rings is 1. The Bertz CT molecular complexity index is 1440. The summed E-state index contributed by atoms with van der Waals surface area (Å²) < 4.78 is 11.3. The number of nitrogens with zero attached hydrogens (tertiary/aromatic N) is 2. The second-order valence-electron chi connectivity index (χ2n) is 8.56. The Morgan fingerprint density at radius 2 is 2.12 bits per heavy atom. The fourth-order valence-electron chi connectivity index (χ4n) is 4.77. The lowest BCUT2D eigenvalue weighted by molar-refractivity contribution is -0.172. The van der Waals surface area contributed by atoms with Crippen LogP contribution in [0.15, 0.2) is 29.1 Å². The summed E-state index contributed by atoms with van der Waals surface area (Å²) in [4.78, 5) is 42.1. The Balaban J connectivity index is 1.68. The van der Waals surface area contributed by atoms with Crippen molar-refractivity contribution in [3.8, 4) is 17.1 Å². The number of hydrogen-bond acceptors (Lipinski definition) is 9. The topological polar surface area (TPSA) is 154 Å². The Morgan fingerprint density at radius 3 is 2.82 bits per heavy atom. The van der Waals surface area contributed by atoms with Crippen LogP contribution in [0.3, 0.4) is 0 Å². The highest BCUT2D eigenvalue weighted by Gasteiger charge is 2.45. The van der Waals surface area contributed by atoms with Gasteiger partial charge in [0.2, 0.25) is 0 Å². The first-order valence-corrected chi connectivity index (χ1v) is 10.8. The summed E-state index contributed by atoms with van der Waals surface area (Å²) in [6.45, 7) is 1.66. The van der Waals surface area contributed by atoms with E-state index in [9.17, 15) is 24.6 Å². The summed E-state index contributed by atoms with van der Waals surface area (Å²) in [5, 5.41) is 22.0. The zero-order valence-electron chi connectivity index (χ0n) is 18.6. The number of pyridine rings is 2. The molecular weight excluding hydrogens is 442 g/mol. The van der Waals surface area contributed by atoms with Gasteiger partial charge in [-0.25, -0.2) is 9.78 Å². The molecule has 0 fully saturated rings. The predicted octanol–water partition coefficient (Wildman–Crippen LogP) is 0.828. The first-order valence-electron chi connectivity index (χ1n) is 10.8. The SMILES string of the molecule is CC[C@@]1(O)C(=O)OCc2c1cc1n(c2=O)Cc2cc3c(CC(N)C(=O)OC)c(O)ccc3nc2-1. The number of carbonyl (C=O) groups is 2. The minimum atomic E-state index is -1.90. The molecule has 0 amide bonds. The van der Waals surface area contributed by atoms with Crippen molar-refractivity contribution in [1.29, 1.82) is 0 Å². The van der Waals surface area contributed by atoms with E-state index in [2.05, 4.69) is 0 Å². The molecule has 0 bridgehead atoms. The Kier molecular flexibility index (Phi) is 4.96. The molecule has 0 radical (unpaired) electrons. The average molecular weight is 465 g/mol. The first-order chi connectivity index (χ1) is 16.2. The van der Waals surface area contributed by atoms with E-state index in [0.717, 1.165) is 5.56 Å². The molecular formula is C24H23N3O7. The van der Waals surface area contributed by atoms with Crippen molar-refractivity contribution in [3.63, 3.8) is 0 Å². The predicted molar refractivity (Wildman–Crippen MR) is 120 cm³/mol. The largest absolute Gasteiger partial charge is 0.508 e. The second-order valence-corrected chi connectivity index (χ2v) is 8.56. The van der Waals surface area contributed by atoms with Crippen LogP contribution in [0, 0.1) is 0 Å². The molecule has 1 unspecified atom stereocenters. The summed E-state index contributed by atoms with van der Waals surface area (Å²) in [7, 11) is 1.24. The molecule has 2 aliphatic heterocycles. The smallest absolute Gasteiger partial charge is 0.343 e. The highest BCUT2D eigenvalue weighted by Crippen LogP contribution is 2.39. The number of fused-ring (bicyclic) bond motifs is 5. The van der Waals surface area contributed by atoms with Gasteiger partial charge in [0, 0.05) is 28.5 Å². The fourth-order valence-corrected chi connectivity index (χ4v) is 4.77. The summed E-state index contributed by atoms with van der Waals surface area (Å²) in [5.74, 6) is -1.41. The molecule has 3 aromatic rings. The number of aromatic nitrogens is 2. The number of aliphatic hydroxyl groups is 1. The van der Waals surface area contributed by atoms with Crippen LogP contribution in [0.4, 0.5) is 0 Å². The van der Waals surface area contributed by atoms with Gasteiger partial charge in [-0.05, 0) is 30.7 Å². The average Bonchev–Trinajstić information content (AvgIpc) is 3.19. The van der Waals surface area contributed by atoms with Gasteiger partial charge in [0.25, 0.3) is 5.56 Å². The van der Waals surface area contributed by atoms with E-state index >= 15 is 0 Å². The van der Waals surface area contributed by atoms with Gasteiger partial charge in [-0.3, -0.25) is 9.59 Å². The van der Waals surface area contributed by atoms with Gasteiger partial charge in [0.1, 0.15) is 18.4 Å². The molecule has 0 spiro atoms. The molecule has 0 saturated carbocycles. The van der Waals surface area contributed by atoms with Crippen LogP contribution in [-0.4, -0.2) is 44.9 Å². The number of cyclic esters (lactones) is 1. The van der Waals surface area contributed by atoms with Crippen LogP contribution in [0.1, 0.15) is 35.6 Å². The minimum Gasteiger partial charge on any atom is -0.508 e. The van der Waals surface area contributed by atoms with E-state index in [1.807, 2.05) is 6.07 Å². The van der Waals surface area contributed by atoms with Crippen molar-refractivity contribution < 1.29 is 29.3 Å². The molecule has 4 heterocycles. The van der Waals surface area contributed by atoms with Crippen molar-refractivity contribution in [3.05, 3.63) is 56.9 Å². The van der Waals surface area contributed by atoms with Crippen molar-refractivity contribution in [2.75, 3.05) is 7.11 Å². The molecule has 1 aromatic carbocycles. The maximum atomic E-state index is 13.3. The van der Waals surface area contributed by atoms with Crippen molar-refractivity contribution in [1.82, 2.24) is 9.55 Å². The monoisotopic (exact) mass is 465 g/mol. The summed E-state index contributed by atoms with van der Waals surface area (Å²) in [5.41, 5.74) is 6.89. The van der Waals surface area contributed by atoms with Crippen LogP contribution in [0.2, 0.25) is 0 Å². The number of ether oxygens (including phenoxy) is 2. The van der Waals surface area contributed by atoms with E-state index in [1.165, 1.54) is 17.7 Å². The lowest BCUT2D eigenvalue weighted by Gasteiger charge is -2.31. The normalized spacial score (nSPS) is 19.2. The lowest BCUT2D eigenvalue weighted by Crippen LogP contribution is -2.44. The third-order valence-corrected chi connectivity index (χ3v) is 6.71. The van der Waals surface area contributed by atoms with E-state index < -0.39 is 23.6 Å². The number of aromatic hydroxyl groups is 1. The molecule has 4 N–H and O–H groups in total. The quantitative estimate of drug-likeness (QED) is 0.372. The van der Waals surface area contributed by atoms with Crippen LogP contribution in [-0.2, 0) is 44.2 Å². The number of methoxy groups -OCH3 is 1. The van der Waals surface area contributed by atoms with Gasteiger partial charge in [0.05, 0.1) is 36.1 Å². The number of nitrogens with two attached hydrogens (primary N) is 1. The molecule has 0 aliphatic carbocycles. The van der Waals surface area contributed by atoms with Crippen LogP contribution >= 0.6 is 0 Å². The third kappa shape index (κ3) is 3.02. The summed E-state index contributed by atoms with van der Waals surface area (Å²) >= 11 is 0. The van der Waals surface area contributed by atoms with Crippen molar-refractivity contribution >= 4 is 22.8 Å². The molecule has 2 aliphatic rings. The standard InChI is InChI=1S/C24H23N3O7/c1-3-24(32)15-8-18-20-11(9-27(18)21(29)14(15)10-34-23(24)31)6-12-13(7-16(25)22(30)33-2)19(28)5-4-17(12)26-20/h4-6,8,16,28,32H,3,7,9-10,25H2,1-2H3/t16?,24-/m0/s1. The highest BCUT2D eigenvalue weighted by atomic mass is 16.6. The summed E-state index contributed by atoms with van der Waals surface area (Å²) in [6, 6.07) is 5.60. The van der Waals surface area contributed by atoms with Crippen LogP contribution in [0.5, 0.6) is 5.75 Å². The van der Waals surface area contributed by atoms with Crippen molar-refractivity contribution in [2.24, 2.45) is 5.73 Å². The minimum absolute atomic E-state index is 0.0274. The van der Waals surface area contributed by atoms with Gasteiger partial charge in [0.15, 0.2) is 5.60 Å². The van der Waals surface area contributed by atoms with Gasteiger partial charge in [-0.1, -0.05) is 6.92 Å². The maximum Gasteiger partial charge on any atom is 0.343 e. The van der Waals surface area contributed by atoms with Gasteiger partial charge in [-0.2, -0.15) is 0 Å². The molecule has 2 aromatic heterocycles. The molecule has 176 valence electrons. The third-order valence-electron chi connectivity index (χ3n) is 6.71. The number of esters is 2. The Hall–Kier alpha value is -3.76. The number of phenols is 1. The van der Waals surface area contributed by atoms with E-state index in [1.54, 1.807) is 19.1 Å². The zero-order chi connectivity index (χ0) is 24.4. The lowest BCUT2D eigenvalue weighted by atomic mass is 9.86. The number of carbonyl (C=O) groups excluding carboxylic acids is 2. The van der Waals surface area contributed by atoms with Crippen LogP contribution in [0.25, 0.3) is 22.3 Å². The molecule has 10 nitrogen and oxygen atoms in total. The second kappa shape index (κ2) is 7.64. The molecule has 2 atom stereocenters. The Labute approximate surface area is 193 Å². The molecule has 5 rings (SSSR count). The van der Waals surface area contributed by atoms with Crippen molar-refractivity contribution in [2.45, 2.75) is 44.6 Å². The van der Waals surface area contributed by atoms with E-state index in [4.69, 9.17) is 20.2 Å². The number of phenolic OH excluding ortho intramolecular Hbond substituents is 1. The molecule has 10 heteroatoms.